The van der Waals surface area contributed by atoms with Crippen LogP contribution >= 0.6 is 0 Å². The summed E-state index contributed by atoms with van der Waals surface area (Å²) in [5, 5.41) is 10.4. The molecule has 1 aliphatic carbocycles. The summed E-state index contributed by atoms with van der Waals surface area (Å²) >= 11 is 0. The van der Waals surface area contributed by atoms with E-state index in [2.05, 4.69) is 0 Å². The zero-order valence-corrected chi connectivity index (χ0v) is 11.0. The molecule has 0 radical (unpaired) electrons. The van der Waals surface area contributed by atoms with Crippen molar-refractivity contribution in [3.63, 3.8) is 0 Å². The molecular weight excluding hydrogens is 232 g/mol. The number of carbonyl (C=O) groups is 2. The lowest BCUT2D eigenvalue weighted by molar-refractivity contribution is -0.154. The van der Waals surface area contributed by atoms with Gasteiger partial charge in [0.1, 0.15) is 5.60 Å². The minimum atomic E-state index is -1.18. The Kier molecular flexibility index (Phi) is 3.90. The van der Waals surface area contributed by atoms with Gasteiger partial charge in [0.25, 0.3) is 5.91 Å². The third-order valence-electron chi connectivity index (χ3n) is 4.00. The molecule has 1 heterocycles. The largest absolute Gasteiger partial charge is 0.380 e. The summed E-state index contributed by atoms with van der Waals surface area (Å²) in [5.74, 6) is -0.116. The molecule has 18 heavy (non-hydrogen) atoms. The summed E-state index contributed by atoms with van der Waals surface area (Å²) in [6, 6.07) is 0. The molecule has 0 bridgehead atoms. The van der Waals surface area contributed by atoms with E-state index in [4.69, 9.17) is 0 Å². The van der Waals surface area contributed by atoms with Gasteiger partial charge in [-0.1, -0.05) is 26.2 Å². The fourth-order valence-corrected chi connectivity index (χ4v) is 2.83. The lowest BCUT2D eigenvalue weighted by Crippen LogP contribution is -2.50. The Bertz CT molecular complexity index is 337. The molecule has 1 N–H and O–H groups in total. The summed E-state index contributed by atoms with van der Waals surface area (Å²) in [4.78, 5) is 27.2. The minimum Gasteiger partial charge on any atom is -0.380 e. The Labute approximate surface area is 108 Å². The van der Waals surface area contributed by atoms with Gasteiger partial charge in [-0.25, -0.2) is 0 Å². The molecule has 2 aliphatic rings. The zero-order valence-electron chi connectivity index (χ0n) is 11.0. The Morgan fingerprint density at radius 3 is 2.33 bits per heavy atom. The quantitative estimate of drug-likeness (QED) is 0.790. The lowest BCUT2D eigenvalue weighted by atomic mass is 9.84. The summed E-state index contributed by atoms with van der Waals surface area (Å²) in [7, 11) is 0. The Morgan fingerprint density at radius 2 is 1.72 bits per heavy atom. The standard InChI is InChI=1S/C13H22N2O3/c1-2-11(16)14-8-9-15(10-14)12(17)13(18)6-4-3-5-7-13/h18H,2-10H2,1H3. The summed E-state index contributed by atoms with van der Waals surface area (Å²) in [6.45, 7) is 3.30. The molecule has 0 aromatic carbocycles. The first-order chi connectivity index (χ1) is 8.57. The van der Waals surface area contributed by atoms with E-state index in [9.17, 15) is 14.7 Å². The van der Waals surface area contributed by atoms with Gasteiger partial charge in [-0.05, 0) is 12.8 Å². The molecular formula is C13H22N2O3. The average Bonchev–Trinajstić information content (AvgIpc) is 2.87. The van der Waals surface area contributed by atoms with Crippen molar-refractivity contribution in [2.24, 2.45) is 0 Å². The number of amides is 2. The third-order valence-corrected chi connectivity index (χ3v) is 4.00. The molecule has 5 nitrogen and oxygen atoms in total. The predicted molar refractivity (Wildman–Crippen MR) is 66.6 cm³/mol. The number of hydrogen-bond acceptors (Lipinski definition) is 3. The van der Waals surface area contributed by atoms with Crippen LogP contribution in [0.4, 0.5) is 0 Å². The monoisotopic (exact) mass is 254 g/mol. The molecule has 0 atom stereocenters. The molecule has 0 aromatic rings. The van der Waals surface area contributed by atoms with Crippen LogP contribution in [0.15, 0.2) is 0 Å². The van der Waals surface area contributed by atoms with Crippen LogP contribution < -0.4 is 0 Å². The van der Waals surface area contributed by atoms with Crippen molar-refractivity contribution >= 4 is 11.8 Å². The first kappa shape index (κ1) is 13.3. The second-order valence-electron chi connectivity index (χ2n) is 5.31. The number of nitrogens with zero attached hydrogens (tertiary/aromatic N) is 2. The van der Waals surface area contributed by atoms with Crippen molar-refractivity contribution in [1.29, 1.82) is 0 Å². The smallest absolute Gasteiger partial charge is 0.256 e. The topological polar surface area (TPSA) is 60.9 Å². The highest BCUT2D eigenvalue weighted by Gasteiger charge is 2.42. The molecule has 2 amide bonds. The van der Waals surface area contributed by atoms with Crippen molar-refractivity contribution in [1.82, 2.24) is 9.80 Å². The SMILES string of the molecule is CCC(=O)N1CCN(C(=O)C2(O)CCCCC2)C1. The van der Waals surface area contributed by atoms with Crippen LogP contribution in [-0.2, 0) is 9.59 Å². The molecule has 5 heteroatoms. The molecule has 1 aliphatic heterocycles. The number of hydrogen-bond donors (Lipinski definition) is 1. The van der Waals surface area contributed by atoms with E-state index in [1.54, 1.807) is 9.80 Å². The Morgan fingerprint density at radius 1 is 1.11 bits per heavy atom. The van der Waals surface area contributed by atoms with Crippen molar-refractivity contribution < 1.29 is 14.7 Å². The second-order valence-corrected chi connectivity index (χ2v) is 5.31. The fraction of sp³-hybridized carbons (Fsp3) is 0.846. The van der Waals surface area contributed by atoms with Gasteiger partial charge in [-0.3, -0.25) is 9.59 Å². The van der Waals surface area contributed by atoms with E-state index in [1.807, 2.05) is 6.92 Å². The molecule has 102 valence electrons. The van der Waals surface area contributed by atoms with Crippen molar-refractivity contribution in [2.75, 3.05) is 19.8 Å². The fourth-order valence-electron chi connectivity index (χ4n) is 2.83. The van der Waals surface area contributed by atoms with Gasteiger partial charge in [-0.2, -0.15) is 0 Å². The Balaban J connectivity index is 1.96. The third kappa shape index (κ3) is 2.51. The van der Waals surface area contributed by atoms with Crippen LogP contribution in [0.5, 0.6) is 0 Å². The van der Waals surface area contributed by atoms with Gasteiger partial charge >= 0.3 is 0 Å². The molecule has 0 aromatic heterocycles. The highest BCUT2D eigenvalue weighted by Crippen LogP contribution is 2.30. The number of aliphatic hydroxyl groups is 1. The van der Waals surface area contributed by atoms with E-state index >= 15 is 0 Å². The van der Waals surface area contributed by atoms with Gasteiger partial charge in [0.05, 0.1) is 6.67 Å². The molecule has 0 unspecified atom stereocenters. The highest BCUT2D eigenvalue weighted by molar-refractivity contribution is 5.86. The summed E-state index contributed by atoms with van der Waals surface area (Å²) < 4.78 is 0. The van der Waals surface area contributed by atoms with E-state index in [-0.39, 0.29) is 11.8 Å². The Hall–Kier alpha value is -1.10. The van der Waals surface area contributed by atoms with E-state index < -0.39 is 5.60 Å². The maximum Gasteiger partial charge on any atom is 0.256 e. The first-order valence-corrected chi connectivity index (χ1v) is 6.86. The van der Waals surface area contributed by atoms with Gasteiger partial charge in [0, 0.05) is 19.5 Å². The highest BCUT2D eigenvalue weighted by atomic mass is 16.3. The molecule has 1 saturated carbocycles. The molecule has 2 rings (SSSR count). The van der Waals surface area contributed by atoms with Gasteiger partial charge in [-0.15, -0.1) is 0 Å². The van der Waals surface area contributed by atoms with Gasteiger partial charge in [0.2, 0.25) is 5.91 Å². The van der Waals surface area contributed by atoms with E-state index in [1.165, 1.54) is 0 Å². The van der Waals surface area contributed by atoms with Crippen LogP contribution in [0.25, 0.3) is 0 Å². The number of carbonyl (C=O) groups excluding carboxylic acids is 2. The molecule has 0 spiro atoms. The lowest BCUT2D eigenvalue weighted by Gasteiger charge is -2.34. The summed E-state index contributed by atoms with van der Waals surface area (Å²) in [5.41, 5.74) is -1.18. The summed E-state index contributed by atoms with van der Waals surface area (Å²) in [6.07, 6.45) is 4.50. The maximum absolute atomic E-state index is 12.3. The molecule has 2 fully saturated rings. The minimum absolute atomic E-state index is 0.0703. The predicted octanol–water partition coefficient (Wildman–Crippen LogP) is 0.720. The average molecular weight is 254 g/mol. The van der Waals surface area contributed by atoms with E-state index in [0.717, 1.165) is 19.3 Å². The second kappa shape index (κ2) is 5.26. The normalized spacial score (nSPS) is 23.2. The van der Waals surface area contributed by atoms with E-state index in [0.29, 0.717) is 39.0 Å². The van der Waals surface area contributed by atoms with Crippen LogP contribution in [0.1, 0.15) is 45.4 Å². The van der Waals surface area contributed by atoms with Crippen LogP contribution in [0, 0.1) is 0 Å². The van der Waals surface area contributed by atoms with Gasteiger partial charge in [0.15, 0.2) is 0 Å². The maximum atomic E-state index is 12.3. The van der Waals surface area contributed by atoms with Crippen LogP contribution in [-0.4, -0.2) is 52.1 Å². The zero-order chi connectivity index (χ0) is 13.2. The van der Waals surface area contributed by atoms with Crippen molar-refractivity contribution in [2.45, 2.75) is 51.0 Å². The van der Waals surface area contributed by atoms with Crippen LogP contribution in [0.2, 0.25) is 0 Å². The molecule has 1 saturated heterocycles. The van der Waals surface area contributed by atoms with Gasteiger partial charge < -0.3 is 14.9 Å². The van der Waals surface area contributed by atoms with Crippen molar-refractivity contribution in [3.8, 4) is 0 Å². The number of rotatable bonds is 2. The first-order valence-electron chi connectivity index (χ1n) is 6.86. The van der Waals surface area contributed by atoms with Crippen LogP contribution in [0.3, 0.4) is 0 Å². The van der Waals surface area contributed by atoms with Crippen molar-refractivity contribution in [3.05, 3.63) is 0 Å².